The number of esters is 1. The van der Waals surface area contributed by atoms with E-state index in [1.54, 1.807) is 30.3 Å². The van der Waals surface area contributed by atoms with E-state index in [4.69, 9.17) is 5.21 Å². The van der Waals surface area contributed by atoms with Gasteiger partial charge in [-0.2, -0.15) is 0 Å². The monoisotopic (exact) mass is 271 g/mol. The van der Waals surface area contributed by atoms with E-state index < -0.39 is 26.6 Å². The molecule has 0 bridgehead atoms. The molecule has 0 atom stereocenters. The number of oxime groups is 1. The lowest BCUT2D eigenvalue weighted by molar-refractivity contribution is -0.134. The van der Waals surface area contributed by atoms with E-state index in [-0.39, 0.29) is 6.61 Å². The first-order valence-corrected chi connectivity index (χ1v) is 6.82. The van der Waals surface area contributed by atoms with Crippen LogP contribution >= 0.6 is 0 Å². The van der Waals surface area contributed by atoms with Crippen molar-refractivity contribution >= 4 is 20.9 Å². The molecule has 0 radical (unpaired) electrons. The first-order chi connectivity index (χ1) is 8.51. The Balaban J connectivity index is 2.95. The summed E-state index contributed by atoms with van der Waals surface area (Å²) >= 11 is 0. The highest BCUT2D eigenvalue weighted by Gasteiger charge is 2.29. The molecular formula is C11H13NO5S. The van der Waals surface area contributed by atoms with E-state index in [9.17, 15) is 13.2 Å². The molecule has 1 aromatic rings. The molecule has 0 saturated heterocycles. The van der Waals surface area contributed by atoms with Crippen molar-refractivity contribution < 1.29 is 23.2 Å². The van der Waals surface area contributed by atoms with Crippen molar-refractivity contribution in [3.8, 4) is 0 Å². The topological polar surface area (TPSA) is 93.0 Å². The minimum atomic E-state index is -4.02. The lowest BCUT2D eigenvalue weighted by Gasteiger charge is -2.05. The van der Waals surface area contributed by atoms with Crippen LogP contribution in [0.2, 0.25) is 0 Å². The maximum absolute atomic E-state index is 11.9. The standard InChI is InChI=1S/C11H13NO5S/c1-2-17-11(13)10(12-14)18(15,16)8-9-6-4-3-5-7-9/h3-7,14H,2,8H2,1H3. The van der Waals surface area contributed by atoms with Crippen LogP contribution in [0.5, 0.6) is 0 Å². The molecule has 0 fully saturated rings. The van der Waals surface area contributed by atoms with Gasteiger partial charge in [-0.15, -0.1) is 0 Å². The van der Waals surface area contributed by atoms with Crippen molar-refractivity contribution in [1.82, 2.24) is 0 Å². The molecule has 6 nitrogen and oxygen atoms in total. The molecule has 0 aromatic heterocycles. The number of benzene rings is 1. The van der Waals surface area contributed by atoms with Gasteiger partial charge in [0.05, 0.1) is 12.4 Å². The second-order valence-electron chi connectivity index (χ2n) is 3.37. The van der Waals surface area contributed by atoms with E-state index in [2.05, 4.69) is 9.89 Å². The highest BCUT2D eigenvalue weighted by atomic mass is 32.2. The van der Waals surface area contributed by atoms with Crippen molar-refractivity contribution in [3.05, 3.63) is 35.9 Å². The van der Waals surface area contributed by atoms with E-state index in [1.165, 1.54) is 6.92 Å². The molecule has 0 aliphatic rings. The lowest BCUT2D eigenvalue weighted by atomic mass is 10.2. The molecule has 18 heavy (non-hydrogen) atoms. The van der Waals surface area contributed by atoms with Crippen LogP contribution in [0.15, 0.2) is 35.5 Å². The zero-order valence-corrected chi connectivity index (χ0v) is 10.6. The number of carbonyl (C=O) groups excluding carboxylic acids is 1. The Labute approximate surface area is 105 Å². The van der Waals surface area contributed by atoms with Crippen LogP contribution in [0, 0.1) is 0 Å². The number of rotatable bonds is 3. The first kappa shape index (κ1) is 14.2. The number of ether oxygens (including phenoxy) is 1. The van der Waals surface area contributed by atoms with Crippen LogP contribution in [0.25, 0.3) is 0 Å². The SMILES string of the molecule is CCOC(=O)C(=NO)S(=O)(=O)Cc1ccccc1. The number of hydrogen-bond donors (Lipinski definition) is 1. The normalized spacial score (nSPS) is 12.2. The van der Waals surface area contributed by atoms with E-state index in [1.807, 2.05) is 0 Å². The summed E-state index contributed by atoms with van der Waals surface area (Å²) in [7, 11) is -4.02. The number of hydrogen-bond acceptors (Lipinski definition) is 6. The van der Waals surface area contributed by atoms with Gasteiger partial charge in [-0.3, -0.25) is 0 Å². The molecule has 1 N–H and O–H groups in total. The maximum atomic E-state index is 11.9. The lowest BCUT2D eigenvalue weighted by Crippen LogP contribution is -2.27. The maximum Gasteiger partial charge on any atom is 0.372 e. The predicted molar refractivity (Wildman–Crippen MR) is 64.9 cm³/mol. The summed E-state index contributed by atoms with van der Waals surface area (Å²) in [5, 5.41) is 10.2. The molecule has 1 rings (SSSR count). The van der Waals surface area contributed by atoms with Crippen molar-refractivity contribution in [3.63, 3.8) is 0 Å². The van der Waals surface area contributed by atoms with Crippen molar-refractivity contribution in [2.45, 2.75) is 12.7 Å². The highest BCUT2D eigenvalue weighted by molar-refractivity contribution is 8.07. The average molecular weight is 271 g/mol. The van der Waals surface area contributed by atoms with Gasteiger partial charge in [0.2, 0.25) is 9.84 Å². The Morgan fingerprint density at radius 2 is 1.94 bits per heavy atom. The highest BCUT2D eigenvalue weighted by Crippen LogP contribution is 2.08. The summed E-state index contributed by atoms with van der Waals surface area (Å²) in [6, 6.07) is 8.27. The zero-order chi connectivity index (χ0) is 13.6. The van der Waals surface area contributed by atoms with Crippen LogP contribution in [0.1, 0.15) is 12.5 Å². The van der Waals surface area contributed by atoms with Crippen LogP contribution in [-0.4, -0.2) is 31.2 Å². The molecule has 0 spiro atoms. The molecule has 0 amide bonds. The Morgan fingerprint density at radius 1 is 1.33 bits per heavy atom. The van der Waals surface area contributed by atoms with Gasteiger partial charge in [0.1, 0.15) is 0 Å². The summed E-state index contributed by atoms with van der Waals surface area (Å²) in [4.78, 5) is 11.3. The first-order valence-electron chi connectivity index (χ1n) is 5.17. The molecule has 1 aromatic carbocycles. The average Bonchev–Trinajstić information content (AvgIpc) is 2.30. The summed E-state index contributed by atoms with van der Waals surface area (Å²) in [6.07, 6.45) is 0. The fourth-order valence-electron chi connectivity index (χ4n) is 1.28. The Bertz CT molecular complexity index is 536. The minimum Gasteiger partial charge on any atom is -0.461 e. The second kappa shape index (κ2) is 6.15. The molecule has 0 heterocycles. The third kappa shape index (κ3) is 3.56. The molecule has 0 saturated carbocycles. The van der Waals surface area contributed by atoms with Crippen molar-refractivity contribution in [2.75, 3.05) is 6.61 Å². The van der Waals surface area contributed by atoms with Gasteiger partial charge < -0.3 is 9.94 Å². The third-order valence-electron chi connectivity index (χ3n) is 2.03. The van der Waals surface area contributed by atoms with Crippen LogP contribution in [0.3, 0.4) is 0 Å². The Kier molecular flexibility index (Phi) is 4.85. The van der Waals surface area contributed by atoms with Gasteiger partial charge in [0, 0.05) is 0 Å². The van der Waals surface area contributed by atoms with Crippen LogP contribution < -0.4 is 0 Å². The van der Waals surface area contributed by atoms with E-state index in [0.717, 1.165) is 0 Å². The van der Waals surface area contributed by atoms with Gasteiger partial charge in [-0.1, -0.05) is 35.5 Å². The largest absolute Gasteiger partial charge is 0.461 e. The number of sulfone groups is 1. The fourth-order valence-corrected chi connectivity index (χ4v) is 2.49. The fraction of sp³-hybridized carbons (Fsp3) is 0.273. The Hall–Kier alpha value is -1.89. The number of nitrogens with zero attached hydrogens (tertiary/aromatic N) is 1. The third-order valence-corrected chi connectivity index (χ3v) is 3.59. The van der Waals surface area contributed by atoms with Gasteiger partial charge in [-0.05, 0) is 12.5 Å². The summed E-state index contributed by atoms with van der Waals surface area (Å²) in [5.74, 6) is -1.58. The van der Waals surface area contributed by atoms with Crippen molar-refractivity contribution in [2.24, 2.45) is 5.16 Å². The molecular weight excluding hydrogens is 258 g/mol. The van der Waals surface area contributed by atoms with Gasteiger partial charge in [0.25, 0.3) is 5.04 Å². The molecule has 7 heteroatoms. The van der Waals surface area contributed by atoms with Crippen LogP contribution in [0.4, 0.5) is 0 Å². The summed E-state index contributed by atoms with van der Waals surface area (Å²) in [6.45, 7) is 1.52. The predicted octanol–water partition coefficient (Wildman–Crippen LogP) is 0.952. The van der Waals surface area contributed by atoms with Gasteiger partial charge in [0.15, 0.2) is 0 Å². The van der Waals surface area contributed by atoms with Gasteiger partial charge in [-0.25, -0.2) is 13.2 Å². The van der Waals surface area contributed by atoms with Crippen LogP contribution in [-0.2, 0) is 25.1 Å². The molecule has 0 aliphatic carbocycles. The smallest absolute Gasteiger partial charge is 0.372 e. The zero-order valence-electron chi connectivity index (χ0n) is 9.74. The quantitative estimate of drug-likeness (QED) is 0.290. The summed E-state index contributed by atoms with van der Waals surface area (Å²) in [5.41, 5.74) is 0.489. The van der Waals surface area contributed by atoms with Crippen molar-refractivity contribution in [1.29, 1.82) is 0 Å². The molecule has 0 unspecified atom stereocenters. The second-order valence-corrected chi connectivity index (χ2v) is 5.28. The molecule has 98 valence electrons. The Morgan fingerprint density at radius 3 is 2.44 bits per heavy atom. The van der Waals surface area contributed by atoms with E-state index >= 15 is 0 Å². The number of carbonyl (C=O) groups is 1. The molecule has 0 aliphatic heterocycles. The minimum absolute atomic E-state index is 0.00128. The van der Waals surface area contributed by atoms with Gasteiger partial charge >= 0.3 is 5.97 Å². The summed E-state index contributed by atoms with van der Waals surface area (Å²) < 4.78 is 28.2. The van der Waals surface area contributed by atoms with E-state index in [0.29, 0.717) is 5.56 Å².